The molecule has 2 aromatic carbocycles. The lowest BCUT2D eigenvalue weighted by Gasteiger charge is -2.03. The molecule has 2 aromatic rings. The number of carbonyl (C=O) groups is 1. The van der Waals surface area contributed by atoms with Gasteiger partial charge in [-0.2, -0.15) is 5.26 Å². The van der Waals surface area contributed by atoms with Crippen molar-refractivity contribution in [3.05, 3.63) is 74.8 Å². The number of allylic oxidation sites excluding steroid dienone is 1. The van der Waals surface area contributed by atoms with Gasteiger partial charge in [-0.3, -0.25) is 14.9 Å². The van der Waals surface area contributed by atoms with E-state index in [4.69, 9.17) is 15.4 Å². The molecule has 0 aromatic heterocycles. The van der Waals surface area contributed by atoms with Crippen LogP contribution in [-0.2, 0) is 0 Å². The first-order valence-corrected chi connectivity index (χ1v) is 7.06. The summed E-state index contributed by atoms with van der Waals surface area (Å²) < 4.78 is 4.99. The van der Waals surface area contributed by atoms with E-state index in [9.17, 15) is 14.9 Å². The number of rotatable bonds is 6. The van der Waals surface area contributed by atoms with Gasteiger partial charge in [-0.25, -0.2) is 5.87 Å². The normalized spacial score (nSPS) is 10.0. The zero-order valence-electron chi connectivity index (χ0n) is 13.4. The van der Waals surface area contributed by atoms with Crippen LogP contribution < -0.4 is 4.74 Å². The summed E-state index contributed by atoms with van der Waals surface area (Å²) >= 11 is 0. The summed E-state index contributed by atoms with van der Waals surface area (Å²) in [6.07, 6.45) is 0. The third-order valence-corrected chi connectivity index (χ3v) is 3.24. The highest BCUT2D eigenvalue weighted by Gasteiger charge is 2.13. The van der Waals surface area contributed by atoms with Crippen LogP contribution in [0.5, 0.6) is 5.75 Å². The number of Topliss-reactive ketones (excluding diaryl/α,β-unsaturated/α-hetero) is 1. The topological polar surface area (TPSA) is 140 Å². The fourth-order valence-electron chi connectivity index (χ4n) is 1.92. The van der Waals surface area contributed by atoms with Crippen molar-refractivity contribution in [2.24, 2.45) is 10.2 Å². The monoisotopic (exact) mass is 348 g/mol. The molecule has 0 N–H and O–H groups in total. The Kier molecular flexibility index (Phi) is 5.67. The minimum Gasteiger partial charge on any atom is -0.761 e. The van der Waals surface area contributed by atoms with Gasteiger partial charge in [0, 0.05) is 17.7 Å². The van der Waals surface area contributed by atoms with Crippen molar-refractivity contribution in [3.8, 4) is 11.8 Å². The minimum atomic E-state index is -0.653. The van der Waals surface area contributed by atoms with Gasteiger partial charge in [-0.1, -0.05) is 0 Å². The minimum absolute atomic E-state index is 0.00776. The molecule has 9 heteroatoms. The van der Waals surface area contributed by atoms with Crippen LogP contribution in [0.15, 0.2) is 58.4 Å². The Bertz CT molecular complexity index is 983. The lowest BCUT2D eigenvalue weighted by atomic mass is 10.1. The number of ether oxygens (including phenoxy) is 1. The number of methoxy groups -OCH3 is 1. The number of ketones is 1. The molecule has 0 atom stereocenters. The van der Waals surface area contributed by atoms with Crippen molar-refractivity contribution in [2.45, 2.75) is 0 Å². The second-order valence-corrected chi connectivity index (χ2v) is 4.79. The summed E-state index contributed by atoms with van der Waals surface area (Å²) in [5.74, 6) is 1.54. The van der Waals surface area contributed by atoms with Gasteiger partial charge in [0.15, 0.2) is 5.70 Å². The molecular weight excluding hydrogens is 338 g/mol. The average Bonchev–Trinajstić information content (AvgIpc) is 2.68. The van der Waals surface area contributed by atoms with Gasteiger partial charge in [0.1, 0.15) is 17.5 Å². The van der Waals surface area contributed by atoms with E-state index in [0.29, 0.717) is 5.75 Å². The SMILES string of the molecule is COc1ccc(C(=O)C(=C=[N-])N=Nc2ccc([N+](=O)[O-])cc2C#N)cc1. The smallest absolute Gasteiger partial charge is 0.270 e. The number of nitro benzene ring substituents is 1. The molecule has 0 saturated heterocycles. The first kappa shape index (κ1) is 18.2. The molecule has 0 amide bonds. The summed E-state index contributed by atoms with van der Waals surface area (Å²) in [4.78, 5) is 22.4. The number of azo groups is 1. The Labute approximate surface area is 147 Å². The Morgan fingerprint density at radius 2 is 1.96 bits per heavy atom. The van der Waals surface area contributed by atoms with Gasteiger partial charge in [0.2, 0.25) is 5.78 Å². The molecular formula is C17H10N5O4-. The van der Waals surface area contributed by atoms with E-state index in [2.05, 4.69) is 10.2 Å². The van der Waals surface area contributed by atoms with E-state index < -0.39 is 16.4 Å². The van der Waals surface area contributed by atoms with Crippen molar-refractivity contribution in [2.75, 3.05) is 7.11 Å². The first-order chi connectivity index (χ1) is 12.5. The predicted octanol–water partition coefficient (Wildman–Crippen LogP) is 3.56. The zero-order chi connectivity index (χ0) is 19.1. The van der Waals surface area contributed by atoms with Crippen molar-refractivity contribution in [1.82, 2.24) is 0 Å². The van der Waals surface area contributed by atoms with Crippen LogP contribution >= 0.6 is 0 Å². The molecule has 9 nitrogen and oxygen atoms in total. The zero-order valence-corrected chi connectivity index (χ0v) is 13.4. The van der Waals surface area contributed by atoms with Crippen LogP contribution in [0.25, 0.3) is 5.41 Å². The van der Waals surface area contributed by atoms with Crippen LogP contribution in [0.1, 0.15) is 15.9 Å². The third kappa shape index (κ3) is 4.03. The molecule has 0 aliphatic carbocycles. The predicted molar refractivity (Wildman–Crippen MR) is 91.5 cm³/mol. The maximum Gasteiger partial charge on any atom is 0.270 e. The van der Waals surface area contributed by atoms with Gasteiger partial charge in [-0.05, 0) is 30.3 Å². The largest absolute Gasteiger partial charge is 0.761 e. The maximum atomic E-state index is 12.3. The Morgan fingerprint density at radius 3 is 2.50 bits per heavy atom. The second-order valence-electron chi connectivity index (χ2n) is 4.79. The number of nitriles is 1. The van der Waals surface area contributed by atoms with Gasteiger partial charge in [-0.15, -0.1) is 10.2 Å². The summed E-state index contributed by atoms with van der Waals surface area (Å²) in [6, 6.07) is 11.2. The molecule has 0 aliphatic heterocycles. The van der Waals surface area contributed by atoms with Crippen LogP contribution in [0, 0.1) is 21.4 Å². The fraction of sp³-hybridized carbons (Fsp3) is 0.0588. The molecule has 0 fully saturated rings. The number of non-ortho nitro benzene ring substituents is 1. The van der Waals surface area contributed by atoms with E-state index in [-0.39, 0.29) is 22.5 Å². The van der Waals surface area contributed by atoms with Gasteiger partial charge < -0.3 is 10.1 Å². The summed E-state index contributed by atoms with van der Waals surface area (Å²) in [5, 5.41) is 36.2. The lowest BCUT2D eigenvalue weighted by molar-refractivity contribution is -0.384. The Morgan fingerprint density at radius 1 is 1.27 bits per heavy atom. The highest BCUT2D eigenvalue weighted by Crippen LogP contribution is 2.25. The molecule has 26 heavy (non-hydrogen) atoms. The van der Waals surface area contributed by atoms with E-state index in [1.54, 1.807) is 24.1 Å². The van der Waals surface area contributed by atoms with Gasteiger partial charge in [0.25, 0.3) is 5.69 Å². The summed E-state index contributed by atoms with van der Waals surface area (Å²) in [5.41, 5.74) is -0.646. The van der Waals surface area contributed by atoms with Crippen molar-refractivity contribution < 1.29 is 14.5 Å². The highest BCUT2D eigenvalue weighted by molar-refractivity contribution is 6.13. The standard InChI is InChI=1S/C17H10N5O4/c1-26-14-5-2-11(3-6-14)17(23)16(10-19)21-20-15-7-4-13(22(24)25)8-12(15)9-18/h2-8H,1H3/q-1. The van der Waals surface area contributed by atoms with Crippen LogP contribution in [0.3, 0.4) is 0 Å². The Balaban J connectivity index is 2.30. The lowest BCUT2D eigenvalue weighted by Crippen LogP contribution is -2.01. The molecule has 0 radical (unpaired) electrons. The molecule has 0 bridgehead atoms. The third-order valence-electron chi connectivity index (χ3n) is 3.24. The summed E-state index contributed by atoms with van der Waals surface area (Å²) in [6.45, 7) is 0. The molecule has 0 unspecified atom stereocenters. The van der Waals surface area contributed by atoms with Crippen LogP contribution in [0.4, 0.5) is 11.4 Å². The number of benzene rings is 2. The quantitative estimate of drug-likeness (QED) is 0.196. The number of nitrogens with zero attached hydrogens (tertiary/aromatic N) is 5. The van der Waals surface area contributed by atoms with Crippen LogP contribution in [0.2, 0.25) is 0 Å². The number of carbonyl (C=O) groups excluding carboxylic acids is 1. The molecule has 0 saturated carbocycles. The number of hydrogen-bond acceptors (Lipinski definition) is 7. The Hall–Kier alpha value is -4.15. The van der Waals surface area contributed by atoms with E-state index in [0.717, 1.165) is 12.1 Å². The summed E-state index contributed by atoms with van der Waals surface area (Å²) in [7, 11) is 1.48. The number of nitro groups is 1. The van der Waals surface area contributed by atoms with E-state index in [1.807, 2.05) is 0 Å². The number of hydrogen-bond donors (Lipinski definition) is 0. The second kappa shape index (κ2) is 8.10. The van der Waals surface area contributed by atoms with E-state index in [1.165, 1.54) is 25.3 Å². The highest BCUT2D eigenvalue weighted by atomic mass is 16.6. The van der Waals surface area contributed by atoms with Crippen molar-refractivity contribution >= 4 is 23.0 Å². The van der Waals surface area contributed by atoms with E-state index >= 15 is 0 Å². The molecule has 2 rings (SSSR count). The van der Waals surface area contributed by atoms with Crippen molar-refractivity contribution in [3.63, 3.8) is 0 Å². The maximum absolute atomic E-state index is 12.3. The first-order valence-electron chi connectivity index (χ1n) is 7.06. The van der Waals surface area contributed by atoms with Crippen molar-refractivity contribution in [1.29, 1.82) is 5.26 Å². The molecule has 0 spiro atoms. The molecule has 0 aliphatic rings. The van der Waals surface area contributed by atoms with Crippen LogP contribution in [-0.4, -0.2) is 23.7 Å². The molecule has 128 valence electrons. The van der Waals surface area contributed by atoms with Gasteiger partial charge >= 0.3 is 0 Å². The average molecular weight is 348 g/mol. The fourth-order valence-corrected chi connectivity index (χ4v) is 1.92. The van der Waals surface area contributed by atoms with Gasteiger partial charge in [0.05, 0.1) is 17.6 Å². The molecule has 0 heterocycles.